The Bertz CT molecular complexity index is 1370. The molecule has 4 aromatic rings. The maximum absolute atomic E-state index is 12.7. The molecule has 0 unspecified atom stereocenters. The van der Waals surface area contributed by atoms with Crippen molar-refractivity contribution in [2.45, 2.75) is 18.1 Å². The minimum atomic E-state index is -0.361. The van der Waals surface area contributed by atoms with Gasteiger partial charge in [-0.25, -0.2) is 4.98 Å². The number of hydrogen-bond acceptors (Lipinski definition) is 8. The van der Waals surface area contributed by atoms with E-state index in [1.54, 1.807) is 4.90 Å². The van der Waals surface area contributed by atoms with Crippen LogP contribution in [0.2, 0.25) is 0 Å². The van der Waals surface area contributed by atoms with Crippen LogP contribution in [0.3, 0.4) is 0 Å². The fourth-order valence-corrected chi connectivity index (χ4v) is 5.29. The Balaban J connectivity index is 1.23. The van der Waals surface area contributed by atoms with Gasteiger partial charge in [0.1, 0.15) is 5.75 Å². The second-order valence-electron chi connectivity index (χ2n) is 7.84. The average molecular weight is 507 g/mol. The van der Waals surface area contributed by atoms with Crippen LogP contribution in [0.4, 0.5) is 10.8 Å². The summed E-state index contributed by atoms with van der Waals surface area (Å²) in [5, 5.41) is 14.5. The number of aromatic nitrogens is 4. The molecule has 5 rings (SSSR count). The van der Waals surface area contributed by atoms with Crippen LogP contribution in [-0.4, -0.2) is 43.9 Å². The summed E-state index contributed by atoms with van der Waals surface area (Å²) in [5.41, 5.74) is 2.52. The Morgan fingerprint density at radius 3 is 2.77 bits per heavy atom. The highest BCUT2D eigenvalue weighted by Crippen LogP contribution is 2.37. The lowest BCUT2D eigenvalue weighted by atomic mass is 10.1. The number of rotatable bonds is 7. The van der Waals surface area contributed by atoms with Crippen molar-refractivity contribution in [2.24, 2.45) is 7.05 Å². The van der Waals surface area contributed by atoms with Gasteiger partial charge in [-0.2, -0.15) is 0 Å². The minimum Gasteiger partial charge on any atom is -0.482 e. The van der Waals surface area contributed by atoms with Gasteiger partial charge in [0.25, 0.3) is 5.91 Å². The molecule has 0 aliphatic carbocycles. The summed E-state index contributed by atoms with van der Waals surface area (Å²) < 4.78 is 7.35. The molecule has 0 radical (unpaired) electrons. The summed E-state index contributed by atoms with van der Waals surface area (Å²) in [6.45, 7) is 1.88. The normalized spacial score (nSPS) is 13.8. The molecule has 2 aromatic heterocycles. The summed E-state index contributed by atoms with van der Waals surface area (Å²) >= 11 is 2.66. The Kier molecular flexibility index (Phi) is 6.51. The van der Waals surface area contributed by atoms with Crippen LogP contribution in [0.5, 0.6) is 5.75 Å². The van der Waals surface area contributed by atoms with E-state index in [1.807, 2.05) is 78.5 Å². The molecule has 9 nitrogen and oxygen atoms in total. The molecule has 2 aromatic carbocycles. The molecule has 3 heterocycles. The van der Waals surface area contributed by atoms with Crippen molar-refractivity contribution in [3.8, 4) is 17.0 Å². The number of thioether (sulfide) groups is 1. The molecule has 1 aliphatic rings. The molecule has 0 saturated carbocycles. The smallest absolute Gasteiger partial charge is 0.265 e. The highest BCUT2D eigenvalue weighted by molar-refractivity contribution is 7.99. The van der Waals surface area contributed by atoms with Gasteiger partial charge in [0.2, 0.25) is 5.91 Å². The Hall–Kier alpha value is -3.70. The molecule has 1 aliphatic heterocycles. The number of para-hydroxylation sites is 2. The molecule has 11 heteroatoms. The van der Waals surface area contributed by atoms with Crippen LogP contribution in [0, 0.1) is 0 Å². The first-order valence-electron chi connectivity index (χ1n) is 10.9. The first-order chi connectivity index (χ1) is 17.0. The van der Waals surface area contributed by atoms with E-state index in [1.165, 1.54) is 23.1 Å². The predicted molar refractivity (Wildman–Crippen MR) is 136 cm³/mol. The lowest BCUT2D eigenvalue weighted by molar-refractivity contribution is -0.121. The number of nitrogens with one attached hydrogen (secondary N) is 1. The van der Waals surface area contributed by atoms with Gasteiger partial charge in [-0.1, -0.05) is 54.2 Å². The highest BCUT2D eigenvalue weighted by atomic mass is 32.2. The quantitative estimate of drug-likeness (QED) is 0.376. The molecule has 0 fully saturated rings. The number of benzene rings is 2. The molecular formula is C24H22N6O3S2. The first-order valence-corrected chi connectivity index (χ1v) is 12.7. The van der Waals surface area contributed by atoms with Crippen LogP contribution in [0.25, 0.3) is 11.3 Å². The van der Waals surface area contributed by atoms with Crippen LogP contribution in [0.15, 0.2) is 65.1 Å². The van der Waals surface area contributed by atoms with Gasteiger partial charge in [0, 0.05) is 18.0 Å². The molecule has 178 valence electrons. The van der Waals surface area contributed by atoms with E-state index >= 15 is 0 Å². The van der Waals surface area contributed by atoms with E-state index in [9.17, 15) is 9.59 Å². The number of thiazole rings is 1. The van der Waals surface area contributed by atoms with E-state index < -0.39 is 0 Å². The zero-order valence-electron chi connectivity index (χ0n) is 19.0. The monoisotopic (exact) mass is 506 g/mol. The zero-order chi connectivity index (χ0) is 24.4. The number of hydrogen-bond donors (Lipinski definition) is 1. The van der Waals surface area contributed by atoms with Gasteiger partial charge in [0.05, 0.1) is 23.2 Å². The van der Waals surface area contributed by atoms with Crippen LogP contribution >= 0.6 is 23.1 Å². The largest absolute Gasteiger partial charge is 0.482 e. The van der Waals surface area contributed by atoms with Gasteiger partial charge in [0.15, 0.2) is 22.7 Å². The van der Waals surface area contributed by atoms with Crippen molar-refractivity contribution >= 4 is 45.7 Å². The number of ether oxygens (including phenoxy) is 1. The number of fused-ring (bicyclic) bond motifs is 1. The van der Waals surface area contributed by atoms with Crippen molar-refractivity contribution in [2.75, 3.05) is 22.6 Å². The fraction of sp³-hybridized carbons (Fsp3) is 0.208. The van der Waals surface area contributed by atoms with Crippen molar-refractivity contribution in [3.05, 3.63) is 65.8 Å². The Morgan fingerprint density at radius 2 is 1.94 bits per heavy atom. The molecule has 1 atom stereocenters. The minimum absolute atomic E-state index is 0.0241. The van der Waals surface area contributed by atoms with Gasteiger partial charge >= 0.3 is 0 Å². The summed E-state index contributed by atoms with van der Waals surface area (Å²) in [6.07, 6.45) is 0. The lowest BCUT2D eigenvalue weighted by Crippen LogP contribution is -2.41. The second-order valence-corrected chi connectivity index (χ2v) is 9.64. The molecule has 1 N–H and O–H groups in total. The Morgan fingerprint density at radius 1 is 1.17 bits per heavy atom. The summed E-state index contributed by atoms with van der Waals surface area (Å²) in [7, 11) is 1.83. The van der Waals surface area contributed by atoms with Crippen molar-refractivity contribution in [1.82, 2.24) is 19.7 Å². The number of nitrogens with zero attached hydrogens (tertiary/aromatic N) is 5. The first kappa shape index (κ1) is 23.1. The van der Waals surface area contributed by atoms with Crippen LogP contribution < -0.4 is 15.0 Å². The SMILES string of the molecule is C[C@@H](c1nnc(SCC(=O)Nc2nc(-c3ccccc3)cs2)n1C)N1C(=O)COc2ccccc21. The maximum Gasteiger partial charge on any atom is 0.265 e. The predicted octanol–water partition coefficient (Wildman–Crippen LogP) is 4.16. The molecule has 0 spiro atoms. The fourth-order valence-electron chi connectivity index (χ4n) is 3.84. The zero-order valence-corrected chi connectivity index (χ0v) is 20.7. The van der Waals surface area contributed by atoms with Gasteiger partial charge in [-0.3, -0.25) is 14.5 Å². The number of carbonyl (C=O) groups is 2. The van der Waals surface area contributed by atoms with Crippen LogP contribution in [-0.2, 0) is 16.6 Å². The second kappa shape index (κ2) is 9.88. The third kappa shape index (κ3) is 4.77. The molecule has 35 heavy (non-hydrogen) atoms. The Labute approximate surface area is 210 Å². The topological polar surface area (TPSA) is 102 Å². The van der Waals surface area contributed by atoms with Crippen molar-refractivity contribution in [3.63, 3.8) is 0 Å². The standard InChI is InChI=1S/C24H22N6O3S2/c1-15(30-18-10-6-7-11-19(18)33-12-21(30)32)22-27-28-24(29(22)2)35-14-20(31)26-23-25-17(13-34-23)16-8-4-3-5-9-16/h3-11,13,15H,12,14H2,1-2H3,(H,25,26,31)/t15-/m0/s1. The summed E-state index contributed by atoms with van der Waals surface area (Å²) in [5.74, 6) is 1.10. The van der Waals surface area contributed by atoms with E-state index in [0.717, 1.165) is 11.3 Å². The van der Waals surface area contributed by atoms with Gasteiger partial charge in [-0.05, 0) is 19.1 Å². The van der Waals surface area contributed by atoms with E-state index in [0.29, 0.717) is 27.5 Å². The molecule has 0 bridgehead atoms. The number of anilines is 2. The van der Waals surface area contributed by atoms with Gasteiger partial charge in [-0.15, -0.1) is 21.5 Å². The maximum atomic E-state index is 12.7. The number of amides is 2. The van der Waals surface area contributed by atoms with Crippen LogP contribution in [0.1, 0.15) is 18.8 Å². The molecule has 2 amide bonds. The van der Waals surface area contributed by atoms with E-state index in [4.69, 9.17) is 4.74 Å². The summed E-state index contributed by atoms with van der Waals surface area (Å²) in [6, 6.07) is 16.9. The highest BCUT2D eigenvalue weighted by Gasteiger charge is 2.32. The average Bonchev–Trinajstić information content (AvgIpc) is 3.49. The van der Waals surface area contributed by atoms with Gasteiger partial charge < -0.3 is 14.6 Å². The lowest BCUT2D eigenvalue weighted by Gasteiger charge is -2.33. The molecule has 0 saturated heterocycles. The third-order valence-electron chi connectivity index (χ3n) is 5.53. The molecular weight excluding hydrogens is 484 g/mol. The summed E-state index contributed by atoms with van der Waals surface area (Å²) in [4.78, 5) is 31.3. The van der Waals surface area contributed by atoms with Crippen molar-refractivity contribution in [1.29, 1.82) is 0 Å². The van der Waals surface area contributed by atoms with E-state index in [2.05, 4.69) is 20.5 Å². The van der Waals surface area contributed by atoms with Crippen molar-refractivity contribution < 1.29 is 14.3 Å². The van der Waals surface area contributed by atoms with E-state index in [-0.39, 0.29) is 30.2 Å². The third-order valence-corrected chi connectivity index (χ3v) is 7.30. The number of carbonyl (C=O) groups excluding carboxylic acids is 2.